The second kappa shape index (κ2) is 7.25. The van der Waals surface area contributed by atoms with Crippen molar-refractivity contribution in [2.75, 3.05) is 0 Å². The van der Waals surface area contributed by atoms with Crippen molar-refractivity contribution >= 4 is 0 Å². The highest BCUT2D eigenvalue weighted by molar-refractivity contribution is 5.22. The second-order valence-electron chi connectivity index (χ2n) is 5.59. The van der Waals surface area contributed by atoms with Gasteiger partial charge in [-0.1, -0.05) is 45.0 Å². The van der Waals surface area contributed by atoms with Crippen molar-refractivity contribution in [3.63, 3.8) is 0 Å². The summed E-state index contributed by atoms with van der Waals surface area (Å²) in [7, 11) is 0. The van der Waals surface area contributed by atoms with Crippen LogP contribution in [0.25, 0.3) is 0 Å². The number of nitrogens with one attached hydrogen (secondary N) is 1. The summed E-state index contributed by atoms with van der Waals surface area (Å²) in [6.07, 6.45) is 3.84. The Morgan fingerprint density at radius 3 is 2.40 bits per heavy atom. The van der Waals surface area contributed by atoms with E-state index in [1.54, 1.807) is 6.20 Å². The van der Waals surface area contributed by atoms with Crippen LogP contribution in [-0.4, -0.2) is 4.98 Å². The molecule has 1 aromatic heterocycles. The molecule has 0 amide bonds. The largest absolute Gasteiger partial charge is 0.444 e. The molecular weight excluding hydrogens is 248 g/mol. The van der Waals surface area contributed by atoms with E-state index in [1.165, 1.54) is 11.1 Å². The van der Waals surface area contributed by atoms with E-state index in [1.807, 2.05) is 0 Å². The summed E-state index contributed by atoms with van der Waals surface area (Å²) in [5.74, 6) is 2.41. The highest BCUT2D eigenvalue weighted by atomic mass is 16.4. The van der Waals surface area contributed by atoms with Crippen LogP contribution in [0.1, 0.15) is 43.5 Å². The SMILES string of the molecule is CCc1cnc(CNCc2ccc(CC(C)C)cc2)o1. The van der Waals surface area contributed by atoms with Gasteiger partial charge in [0.15, 0.2) is 0 Å². The molecule has 0 aliphatic heterocycles. The minimum atomic E-state index is 0.674. The van der Waals surface area contributed by atoms with Crippen molar-refractivity contribution in [2.24, 2.45) is 5.92 Å². The van der Waals surface area contributed by atoms with Gasteiger partial charge >= 0.3 is 0 Å². The maximum absolute atomic E-state index is 5.56. The van der Waals surface area contributed by atoms with Gasteiger partial charge in [0.25, 0.3) is 0 Å². The van der Waals surface area contributed by atoms with Crippen LogP contribution in [0, 0.1) is 5.92 Å². The third-order valence-electron chi connectivity index (χ3n) is 3.22. The predicted octanol–water partition coefficient (Wildman–Crippen LogP) is 3.73. The van der Waals surface area contributed by atoms with Crippen LogP contribution in [-0.2, 0) is 25.9 Å². The molecule has 0 atom stereocenters. The van der Waals surface area contributed by atoms with Crippen LogP contribution in [0.5, 0.6) is 0 Å². The average Bonchev–Trinajstić information content (AvgIpc) is 2.88. The number of aromatic nitrogens is 1. The summed E-state index contributed by atoms with van der Waals surface area (Å²) in [6.45, 7) is 8.07. The number of rotatable bonds is 7. The summed E-state index contributed by atoms with van der Waals surface area (Å²) in [4.78, 5) is 4.24. The lowest BCUT2D eigenvalue weighted by molar-refractivity contribution is 0.439. The molecule has 0 fully saturated rings. The minimum Gasteiger partial charge on any atom is -0.444 e. The third-order valence-corrected chi connectivity index (χ3v) is 3.22. The first-order chi connectivity index (χ1) is 9.67. The van der Waals surface area contributed by atoms with Crippen molar-refractivity contribution in [1.82, 2.24) is 10.3 Å². The van der Waals surface area contributed by atoms with Crippen molar-refractivity contribution in [3.8, 4) is 0 Å². The molecule has 0 unspecified atom stereocenters. The van der Waals surface area contributed by atoms with Crippen LogP contribution in [0.15, 0.2) is 34.9 Å². The van der Waals surface area contributed by atoms with E-state index >= 15 is 0 Å². The smallest absolute Gasteiger partial charge is 0.208 e. The van der Waals surface area contributed by atoms with Gasteiger partial charge < -0.3 is 9.73 Å². The summed E-state index contributed by atoms with van der Waals surface area (Å²) in [6, 6.07) is 8.82. The molecule has 0 bridgehead atoms. The van der Waals surface area contributed by atoms with E-state index in [2.05, 4.69) is 55.3 Å². The number of benzene rings is 1. The molecular formula is C17H24N2O. The van der Waals surface area contributed by atoms with Crippen LogP contribution in [0.3, 0.4) is 0 Å². The molecule has 1 aromatic carbocycles. The number of hydrogen-bond donors (Lipinski definition) is 1. The highest BCUT2D eigenvalue weighted by Crippen LogP contribution is 2.10. The Bertz CT molecular complexity index is 514. The zero-order valence-corrected chi connectivity index (χ0v) is 12.6. The van der Waals surface area contributed by atoms with Crippen molar-refractivity contribution in [2.45, 2.75) is 46.7 Å². The Morgan fingerprint density at radius 1 is 1.10 bits per heavy atom. The van der Waals surface area contributed by atoms with E-state index in [0.29, 0.717) is 12.5 Å². The van der Waals surface area contributed by atoms with Gasteiger partial charge in [0, 0.05) is 13.0 Å². The van der Waals surface area contributed by atoms with E-state index in [9.17, 15) is 0 Å². The molecule has 0 aliphatic carbocycles. The first kappa shape index (κ1) is 14.8. The number of oxazole rings is 1. The predicted molar refractivity (Wildman–Crippen MR) is 81.4 cm³/mol. The molecule has 3 heteroatoms. The van der Waals surface area contributed by atoms with Crippen LogP contribution < -0.4 is 5.32 Å². The zero-order valence-electron chi connectivity index (χ0n) is 12.6. The fourth-order valence-electron chi connectivity index (χ4n) is 2.17. The fourth-order valence-corrected chi connectivity index (χ4v) is 2.17. The van der Waals surface area contributed by atoms with Crippen molar-refractivity contribution < 1.29 is 4.42 Å². The molecule has 2 rings (SSSR count). The normalized spacial score (nSPS) is 11.2. The lowest BCUT2D eigenvalue weighted by Crippen LogP contribution is -2.12. The number of nitrogens with zero attached hydrogens (tertiary/aromatic N) is 1. The Balaban J connectivity index is 1.79. The molecule has 108 valence electrons. The van der Waals surface area contributed by atoms with E-state index in [0.717, 1.165) is 31.0 Å². The molecule has 0 saturated heterocycles. The fraction of sp³-hybridized carbons (Fsp3) is 0.471. The topological polar surface area (TPSA) is 38.1 Å². The standard InChI is InChI=1S/C17H24N2O/c1-4-16-11-19-17(20-16)12-18-10-15-7-5-14(6-8-15)9-13(2)3/h5-8,11,13,18H,4,9-10,12H2,1-3H3. The Morgan fingerprint density at radius 2 is 1.80 bits per heavy atom. The quantitative estimate of drug-likeness (QED) is 0.834. The maximum Gasteiger partial charge on any atom is 0.208 e. The van der Waals surface area contributed by atoms with Crippen molar-refractivity contribution in [3.05, 3.63) is 53.2 Å². The van der Waals surface area contributed by atoms with Gasteiger partial charge in [-0.3, -0.25) is 0 Å². The van der Waals surface area contributed by atoms with Gasteiger partial charge in [0.05, 0.1) is 12.7 Å². The van der Waals surface area contributed by atoms with E-state index in [-0.39, 0.29) is 0 Å². The Hall–Kier alpha value is -1.61. The van der Waals surface area contributed by atoms with Gasteiger partial charge in [0.2, 0.25) is 5.89 Å². The molecule has 20 heavy (non-hydrogen) atoms. The summed E-state index contributed by atoms with van der Waals surface area (Å²) < 4.78 is 5.56. The molecule has 3 nitrogen and oxygen atoms in total. The van der Waals surface area contributed by atoms with E-state index < -0.39 is 0 Å². The molecule has 0 radical (unpaired) electrons. The summed E-state index contributed by atoms with van der Waals surface area (Å²) >= 11 is 0. The van der Waals surface area contributed by atoms with Gasteiger partial charge in [-0.25, -0.2) is 4.98 Å². The number of aryl methyl sites for hydroxylation is 1. The third kappa shape index (κ3) is 4.49. The van der Waals surface area contributed by atoms with Gasteiger partial charge in [-0.15, -0.1) is 0 Å². The monoisotopic (exact) mass is 272 g/mol. The van der Waals surface area contributed by atoms with Crippen LogP contribution in [0.2, 0.25) is 0 Å². The second-order valence-corrected chi connectivity index (χ2v) is 5.59. The van der Waals surface area contributed by atoms with Crippen LogP contribution >= 0.6 is 0 Å². The molecule has 0 spiro atoms. The van der Waals surface area contributed by atoms with Gasteiger partial charge in [0.1, 0.15) is 5.76 Å². The zero-order chi connectivity index (χ0) is 14.4. The maximum atomic E-state index is 5.56. The Kier molecular flexibility index (Phi) is 5.36. The first-order valence-corrected chi connectivity index (χ1v) is 7.39. The van der Waals surface area contributed by atoms with Gasteiger partial charge in [-0.2, -0.15) is 0 Å². The van der Waals surface area contributed by atoms with Crippen LogP contribution in [0.4, 0.5) is 0 Å². The lowest BCUT2D eigenvalue weighted by atomic mass is 10.0. The molecule has 0 aliphatic rings. The molecule has 0 saturated carbocycles. The lowest BCUT2D eigenvalue weighted by Gasteiger charge is -2.07. The molecule has 1 heterocycles. The molecule has 1 N–H and O–H groups in total. The molecule has 2 aromatic rings. The minimum absolute atomic E-state index is 0.674. The first-order valence-electron chi connectivity index (χ1n) is 7.39. The Labute approximate surface area is 121 Å². The summed E-state index contributed by atoms with van der Waals surface area (Å²) in [5, 5.41) is 3.36. The van der Waals surface area contributed by atoms with Gasteiger partial charge in [-0.05, 0) is 23.5 Å². The highest BCUT2D eigenvalue weighted by Gasteiger charge is 2.02. The average molecular weight is 272 g/mol. The number of hydrogen-bond acceptors (Lipinski definition) is 3. The van der Waals surface area contributed by atoms with E-state index in [4.69, 9.17) is 4.42 Å². The summed E-state index contributed by atoms with van der Waals surface area (Å²) in [5.41, 5.74) is 2.70. The van der Waals surface area contributed by atoms with Crippen molar-refractivity contribution in [1.29, 1.82) is 0 Å².